The molecule has 2 aromatic rings. The van der Waals surface area contributed by atoms with Crippen molar-refractivity contribution in [3.05, 3.63) is 40.0 Å². The van der Waals surface area contributed by atoms with Gasteiger partial charge in [0, 0.05) is 30.8 Å². The van der Waals surface area contributed by atoms with Crippen LogP contribution in [0.15, 0.2) is 24.3 Å². The first kappa shape index (κ1) is 15.8. The number of ether oxygens (including phenoxy) is 1. The quantitative estimate of drug-likeness (QED) is 0.801. The van der Waals surface area contributed by atoms with Gasteiger partial charge < -0.3 is 10.1 Å². The monoisotopic (exact) mass is 327 g/mol. The molecule has 0 aliphatic rings. The maximum Gasteiger partial charge on any atom is 0.269 e. The van der Waals surface area contributed by atoms with E-state index < -0.39 is 0 Å². The summed E-state index contributed by atoms with van der Waals surface area (Å²) >= 11 is 12.0. The summed E-state index contributed by atoms with van der Waals surface area (Å²) < 4.78 is 4.92. The van der Waals surface area contributed by atoms with E-state index in [9.17, 15) is 4.79 Å². The van der Waals surface area contributed by atoms with E-state index in [4.69, 9.17) is 27.9 Å². The number of hydrogen-bond donors (Lipinski definition) is 2. The van der Waals surface area contributed by atoms with Crippen LogP contribution in [0.2, 0.25) is 10.0 Å². The highest BCUT2D eigenvalue weighted by atomic mass is 35.5. The lowest BCUT2D eigenvalue weighted by molar-refractivity contribution is 0.0943. The molecule has 0 bridgehead atoms. The number of carbonyl (C=O) groups is 1. The van der Waals surface area contributed by atoms with Crippen molar-refractivity contribution >= 4 is 29.1 Å². The summed E-state index contributed by atoms with van der Waals surface area (Å²) in [5.74, 6) is -0.213. The van der Waals surface area contributed by atoms with Crippen molar-refractivity contribution in [3.8, 4) is 11.3 Å². The average Bonchev–Trinajstić information content (AvgIpc) is 2.93. The molecule has 0 saturated carbocycles. The van der Waals surface area contributed by atoms with Crippen LogP contribution in [0.25, 0.3) is 11.3 Å². The topological polar surface area (TPSA) is 67.0 Å². The molecule has 0 atom stereocenters. The van der Waals surface area contributed by atoms with Crippen LogP contribution in [0.4, 0.5) is 0 Å². The Balaban J connectivity index is 2.05. The summed E-state index contributed by atoms with van der Waals surface area (Å²) in [5.41, 5.74) is 1.70. The fourth-order valence-corrected chi connectivity index (χ4v) is 2.29. The number of H-pyrrole nitrogens is 1. The smallest absolute Gasteiger partial charge is 0.269 e. The highest BCUT2D eigenvalue weighted by molar-refractivity contribution is 6.36. The van der Waals surface area contributed by atoms with E-state index in [2.05, 4.69) is 15.5 Å². The number of benzene rings is 1. The summed E-state index contributed by atoms with van der Waals surface area (Å²) in [6.07, 6.45) is 0.756. The molecule has 0 saturated heterocycles. The van der Waals surface area contributed by atoms with E-state index in [0.29, 0.717) is 34.6 Å². The van der Waals surface area contributed by atoms with Crippen LogP contribution in [-0.4, -0.2) is 36.4 Å². The lowest BCUT2D eigenvalue weighted by Crippen LogP contribution is -2.25. The third-order valence-corrected chi connectivity index (χ3v) is 3.39. The van der Waals surface area contributed by atoms with E-state index in [1.807, 2.05) is 0 Å². The Bertz CT molecular complexity index is 628. The second-order valence-electron chi connectivity index (χ2n) is 4.39. The van der Waals surface area contributed by atoms with Crippen LogP contribution in [-0.2, 0) is 4.74 Å². The van der Waals surface area contributed by atoms with Gasteiger partial charge in [-0.25, -0.2) is 0 Å². The number of aromatic nitrogens is 2. The highest BCUT2D eigenvalue weighted by Crippen LogP contribution is 2.29. The minimum atomic E-state index is -0.213. The first-order valence-electron chi connectivity index (χ1n) is 6.40. The van der Waals surface area contributed by atoms with E-state index in [1.54, 1.807) is 31.4 Å². The van der Waals surface area contributed by atoms with Crippen molar-refractivity contribution in [3.63, 3.8) is 0 Å². The SMILES string of the molecule is COCCCNC(=O)c1cc(-c2ccc(Cl)cc2Cl)n[nH]1. The molecular formula is C14H15Cl2N3O2. The number of halogens is 2. The van der Waals surface area contributed by atoms with Gasteiger partial charge in [0.05, 0.1) is 10.7 Å². The van der Waals surface area contributed by atoms with Gasteiger partial charge in [0.25, 0.3) is 5.91 Å². The average molecular weight is 328 g/mol. The molecule has 1 amide bonds. The predicted octanol–water partition coefficient (Wildman–Crippen LogP) is 3.15. The van der Waals surface area contributed by atoms with E-state index >= 15 is 0 Å². The van der Waals surface area contributed by atoms with Gasteiger partial charge in [-0.1, -0.05) is 23.2 Å². The number of amides is 1. The van der Waals surface area contributed by atoms with Crippen LogP contribution in [0.1, 0.15) is 16.9 Å². The van der Waals surface area contributed by atoms with Crippen molar-refractivity contribution in [1.82, 2.24) is 15.5 Å². The molecule has 0 radical (unpaired) electrons. The molecule has 2 rings (SSSR count). The van der Waals surface area contributed by atoms with Crippen LogP contribution in [0.3, 0.4) is 0 Å². The first-order chi connectivity index (χ1) is 10.1. The molecule has 0 spiro atoms. The number of hydrogen-bond acceptors (Lipinski definition) is 3. The van der Waals surface area contributed by atoms with Gasteiger partial charge in [0.15, 0.2) is 0 Å². The number of methoxy groups -OCH3 is 1. The van der Waals surface area contributed by atoms with Crippen molar-refractivity contribution < 1.29 is 9.53 Å². The van der Waals surface area contributed by atoms with Gasteiger partial charge in [0.2, 0.25) is 0 Å². The van der Waals surface area contributed by atoms with Crippen molar-refractivity contribution in [1.29, 1.82) is 0 Å². The molecule has 0 aliphatic heterocycles. The van der Waals surface area contributed by atoms with E-state index in [0.717, 1.165) is 12.0 Å². The van der Waals surface area contributed by atoms with E-state index in [-0.39, 0.29) is 5.91 Å². The molecule has 7 heteroatoms. The Labute approximate surface area is 132 Å². The van der Waals surface area contributed by atoms with Gasteiger partial charge in [-0.3, -0.25) is 9.89 Å². The Morgan fingerprint density at radius 1 is 1.38 bits per heavy atom. The molecule has 0 unspecified atom stereocenters. The van der Waals surface area contributed by atoms with Gasteiger partial charge in [-0.15, -0.1) is 0 Å². The molecule has 0 aliphatic carbocycles. The van der Waals surface area contributed by atoms with E-state index in [1.165, 1.54) is 0 Å². The van der Waals surface area contributed by atoms with Crippen LogP contribution in [0.5, 0.6) is 0 Å². The van der Waals surface area contributed by atoms with Crippen molar-refractivity contribution in [2.24, 2.45) is 0 Å². The number of carbonyl (C=O) groups excluding carboxylic acids is 1. The second-order valence-corrected chi connectivity index (χ2v) is 5.24. The van der Waals surface area contributed by atoms with Gasteiger partial charge in [-0.2, -0.15) is 5.10 Å². The summed E-state index contributed by atoms with van der Waals surface area (Å²) in [5, 5.41) is 10.6. The summed E-state index contributed by atoms with van der Waals surface area (Å²) in [6.45, 7) is 1.15. The van der Waals surface area contributed by atoms with Crippen LogP contribution in [0, 0.1) is 0 Å². The Hall–Kier alpha value is -1.56. The molecule has 1 aromatic heterocycles. The van der Waals surface area contributed by atoms with Crippen molar-refractivity contribution in [2.75, 3.05) is 20.3 Å². The fraction of sp³-hybridized carbons (Fsp3) is 0.286. The molecule has 21 heavy (non-hydrogen) atoms. The number of nitrogens with zero attached hydrogens (tertiary/aromatic N) is 1. The zero-order chi connectivity index (χ0) is 15.2. The van der Waals surface area contributed by atoms with Gasteiger partial charge in [0.1, 0.15) is 5.69 Å². The Morgan fingerprint density at radius 2 is 2.19 bits per heavy atom. The lowest BCUT2D eigenvalue weighted by atomic mass is 10.1. The largest absolute Gasteiger partial charge is 0.385 e. The van der Waals surface area contributed by atoms with Crippen molar-refractivity contribution in [2.45, 2.75) is 6.42 Å². The molecular weight excluding hydrogens is 313 g/mol. The fourth-order valence-electron chi connectivity index (χ4n) is 1.79. The molecule has 0 fully saturated rings. The third-order valence-electron chi connectivity index (χ3n) is 2.84. The zero-order valence-corrected chi connectivity index (χ0v) is 13.0. The minimum absolute atomic E-state index is 0.213. The lowest BCUT2D eigenvalue weighted by Gasteiger charge is -2.02. The Morgan fingerprint density at radius 3 is 2.90 bits per heavy atom. The summed E-state index contributed by atoms with van der Waals surface area (Å²) in [4.78, 5) is 11.9. The molecule has 112 valence electrons. The third kappa shape index (κ3) is 4.20. The summed E-state index contributed by atoms with van der Waals surface area (Å²) in [6, 6.07) is 6.78. The number of aromatic amines is 1. The minimum Gasteiger partial charge on any atom is -0.385 e. The molecule has 1 aromatic carbocycles. The van der Waals surface area contributed by atoms with Gasteiger partial charge >= 0.3 is 0 Å². The van der Waals surface area contributed by atoms with Gasteiger partial charge in [-0.05, 0) is 30.7 Å². The molecule has 5 nitrogen and oxygen atoms in total. The molecule has 1 heterocycles. The number of rotatable bonds is 6. The highest BCUT2D eigenvalue weighted by Gasteiger charge is 2.12. The first-order valence-corrected chi connectivity index (χ1v) is 7.15. The maximum absolute atomic E-state index is 11.9. The second kappa shape index (κ2) is 7.45. The standard InChI is InChI=1S/C14H15Cl2N3O2/c1-21-6-2-5-17-14(20)13-8-12(18-19-13)10-4-3-9(15)7-11(10)16/h3-4,7-8H,2,5-6H2,1H3,(H,17,20)(H,18,19). The van der Waals surface area contributed by atoms with Crippen LogP contribution >= 0.6 is 23.2 Å². The zero-order valence-electron chi connectivity index (χ0n) is 11.5. The van der Waals surface area contributed by atoms with Crippen LogP contribution < -0.4 is 5.32 Å². The maximum atomic E-state index is 11.9. The summed E-state index contributed by atoms with van der Waals surface area (Å²) in [7, 11) is 1.62. The number of nitrogens with one attached hydrogen (secondary N) is 2. The molecule has 2 N–H and O–H groups in total. The predicted molar refractivity (Wildman–Crippen MR) is 82.9 cm³/mol. The normalized spacial score (nSPS) is 10.6. The Kier molecular flexibility index (Phi) is 5.61.